The number of hydrogen-bond donors (Lipinski definition) is 1. The zero-order valence-electron chi connectivity index (χ0n) is 10.5. The Kier molecular flexibility index (Phi) is 3.79. The molecular formula is C13H14FN3O2. The maximum Gasteiger partial charge on any atom is 0.338 e. The largest absolute Gasteiger partial charge is 0.462 e. The average molecular weight is 263 g/mol. The Morgan fingerprint density at radius 3 is 2.89 bits per heavy atom. The Labute approximate surface area is 109 Å². The number of carbonyl (C=O) groups is 1. The fourth-order valence-electron chi connectivity index (χ4n) is 1.68. The number of aromatic nitrogens is 2. The summed E-state index contributed by atoms with van der Waals surface area (Å²) in [4.78, 5) is 11.7. The van der Waals surface area contributed by atoms with Crippen molar-refractivity contribution in [3.8, 4) is 0 Å². The number of nitrogen functional groups attached to an aromatic ring is 1. The first-order valence-electron chi connectivity index (χ1n) is 5.75. The van der Waals surface area contributed by atoms with E-state index in [-0.39, 0.29) is 17.9 Å². The number of halogens is 1. The minimum Gasteiger partial charge on any atom is -0.462 e. The van der Waals surface area contributed by atoms with Crippen molar-refractivity contribution in [2.75, 3.05) is 12.3 Å². The van der Waals surface area contributed by atoms with Gasteiger partial charge in [-0.05, 0) is 23.8 Å². The Morgan fingerprint density at radius 1 is 1.47 bits per heavy atom. The Hall–Kier alpha value is -2.37. The third-order valence-electron chi connectivity index (χ3n) is 2.54. The fourth-order valence-corrected chi connectivity index (χ4v) is 1.68. The van der Waals surface area contributed by atoms with E-state index in [1.165, 1.54) is 6.07 Å². The second-order valence-corrected chi connectivity index (χ2v) is 4.18. The van der Waals surface area contributed by atoms with Crippen LogP contribution in [0.1, 0.15) is 15.9 Å². The van der Waals surface area contributed by atoms with E-state index < -0.39 is 11.8 Å². The van der Waals surface area contributed by atoms with Crippen LogP contribution < -0.4 is 5.73 Å². The molecular weight excluding hydrogens is 249 g/mol. The van der Waals surface area contributed by atoms with Gasteiger partial charge in [0.2, 0.25) is 0 Å². The van der Waals surface area contributed by atoms with Crippen LogP contribution in [0.5, 0.6) is 0 Å². The van der Waals surface area contributed by atoms with Crippen molar-refractivity contribution in [1.29, 1.82) is 0 Å². The molecule has 19 heavy (non-hydrogen) atoms. The first-order chi connectivity index (χ1) is 9.04. The lowest BCUT2D eigenvalue weighted by atomic mass is 10.2. The monoisotopic (exact) mass is 263 g/mol. The van der Waals surface area contributed by atoms with Gasteiger partial charge in [0.25, 0.3) is 0 Å². The molecule has 1 heterocycles. The van der Waals surface area contributed by atoms with Crippen molar-refractivity contribution in [1.82, 2.24) is 9.78 Å². The number of aryl methyl sites for hydroxylation is 1. The standard InChI is InChI=1S/C13H14FN3O2/c1-17-8-9(7-16-17)2-3-19-13(18)10-4-11(14)6-12(15)5-10/h4-8H,2-3,15H2,1H3. The molecule has 0 atom stereocenters. The minimum absolute atomic E-state index is 0.115. The van der Waals surface area contributed by atoms with Crippen molar-refractivity contribution < 1.29 is 13.9 Å². The van der Waals surface area contributed by atoms with Crippen LogP contribution in [-0.2, 0) is 18.2 Å². The number of anilines is 1. The molecule has 0 amide bonds. The number of hydrogen-bond acceptors (Lipinski definition) is 4. The predicted molar refractivity (Wildman–Crippen MR) is 68.0 cm³/mol. The smallest absolute Gasteiger partial charge is 0.338 e. The summed E-state index contributed by atoms with van der Waals surface area (Å²) in [5, 5.41) is 4.01. The molecule has 2 rings (SSSR count). The predicted octanol–water partition coefficient (Wildman–Crippen LogP) is 1.54. The highest BCUT2D eigenvalue weighted by molar-refractivity contribution is 5.90. The van der Waals surface area contributed by atoms with Crippen LogP contribution in [0, 0.1) is 5.82 Å². The molecule has 5 nitrogen and oxygen atoms in total. The lowest BCUT2D eigenvalue weighted by Crippen LogP contribution is -2.09. The van der Waals surface area contributed by atoms with Gasteiger partial charge in [-0.1, -0.05) is 0 Å². The number of esters is 1. The Bertz CT molecular complexity index is 575. The van der Waals surface area contributed by atoms with Crippen LogP contribution in [0.4, 0.5) is 10.1 Å². The van der Waals surface area contributed by atoms with Crippen LogP contribution in [0.25, 0.3) is 0 Å². The van der Waals surface area contributed by atoms with Crippen molar-refractivity contribution in [3.05, 3.63) is 47.5 Å². The van der Waals surface area contributed by atoms with Gasteiger partial charge in [0.1, 0.15) is 5.82 Å². The van der Waals surface area contributed by atoms with Gasteiger partial charge in [-0.25, -0.2) is 9.18 Å². The first-order valence-corrected chi connectivity index (χ1v) is 5.75. The van der Waals surface area contributed by atoms with E-state index in [9.17, 15) is 9.18 Å². The maximum atomic E-state index is 13.1. The Balaban J connectivity index is 1.90. The number of nitrogens with zero attached hydrogens (tertiary/aromatic N) is 2. The summed E-state index contributed by atoms with van der Waals surface area (Å²) in [6.07, 6.45) is 4.10. The molecule has 0 unspecified atom stereocenters. The molecule has 2 N–H and O–H groups in total. The SMILES string of the molecule is Cn1cc(CCOC(=O)c2cc(N)cc(F)c2)cn1. The van der Waals surface area contributed by atoms with Gasteiger partial charge in [-0.2, -0.15) is 5.10 Å². The molecule has 0 radical (unpaired) electrons. The topological polar surface area (TPSA) is 70.1 Å². The average Bonchev–Trinajstić information content (AvgIpc) is 2.73. The first kappa shape index (κ1) is 13.1. The van der Waals surface area contributed by atoms with Crippen molar-refractivity contribution >= 4 is 11.7 Å². The molecule has 0 aliphatic carbocycles. The van der Waals surface area contributed by atoms with Crippen LogP contribution in [-0.4, -0.2) is 22.4 Å². The summed E-state index contributed by atoms with van der Waals surface area (Å²) >= 11 is 0. The highest BCUT2D eigenvalue weighted by Crippen LogP contribution is 2.12. The molecule has 0 spiro atoms. The lowest BCUT2D eigenvalue weighted by molar-refractivity contribution is 0.0509. The van der Waals surface area contributed by atoms with Gasteiger partial charge in [0.15, 0.2) is 0 Å². The maximum absolute atomic E-state index is 13.1. The zero-order valence-corrected chi connectivity index (χ0v) is 10.5. The van der Waals surface area contributed by atoms with E-state index in [0.717, 1.165) is 17.7 Å². The van der Waals surface area contributed by atoms with Crippen LogP contribution >= 0.6 is 0 Å². The fraction of sp³-hybridized carbons (Fsp3) is 0.231. The van der Waals surface area contributed by atoms with E-state index in [1.807, 2.05) is 13.2 Å². The van der Waals surface area contributed by atoms with Gasteiger partial charge in [0.05, 0.1) is 18.4 Å². The molecule has 1 aromatic heterocycles. The number of nitrogens with two attached hydrogens (primary N) is 1. The third kappa shape index (κ3) is 3.54. The third-order valence-corrected chi connectivity index (χ3v) is 2.54. The molecule has 0 aliphatic rings. The van der Waals surface area contributed by atoms with Gasteiger partial charge in [0, 0.05) is 25.4 Å². The Morgan fingerprint density at radius 2 is 2.26 bits per heavy atom. The second kappa shape index (κ2) is 5.51. The molecule has 0 aliphatic heterocycles. The van der Waals surface area contributed by atoms with Crippen molar-refractivity contribution in [2.45, 2.75) is 6.42 Å². The summed E-state index contributed by atoms with van der Waals surface area (Å²) in [7, 11) is 1.81. The lowest BCUT2D eigenvalue weighted by Gasteiger charge is -2.05. The quantitative estimate of drug-likeness (QED) is 0.671. The highest BCUT2D eigenvalue weighted by atomic mass is 19.1. The molecule has 0 bridgehead atoms. The summed E-state index contributed by atoms with van der Waals surface area (Å²) in [6, 6.07) is 3.63. The second-order valence-electron chi connectivity index (χ2n) is 4.18. The van der Waals surface area contributed by atoms with Crippen LogP contribution in [0.2, 0.25) is 0 Å². The zero-order chi connectivity index (χ0) is 13.8. The van der Waals surface area contributed by atoms with E-state index in [1.54, 1.807) is 10.9 Å². The number of benzene rings is 1. The number of ether oxygens (including phenoxy) is 1. The van der Waals surface area contributed by atoms with Gasteiger partial charge < -0.3 is 10.5 Å². The molecule has 0 saturated carbocycles. The van der Waals surface area contributed by atoms with Gasteiger partial charge in [-0.15, -0.1) is 0 Å². The van der Waals surface area contributed by atoms with Crippen molar-refractivity contribution in [3.63, 3.8) is 0 Å². The van der Waals surface area contributed by atoms with Crippen LogP contribution in [0.3, 0.4) is 0 Å². The molecule has 100 valence electrons. The summed E-state index contributed by atoms with van der Waals surface area (Å²) in [5.74, 6) is -1.14. The van der Waals surface area contributed by atoms with Crippen LogP contribution in [0.15, 0.2) is 30.6 Å². The van der Waals surface area contributed by atoms with E-state index in [2.05, 4.69) is 5.10 Å². The number of rotatable bonds is 4. The molecule has 0 saturated heterocycles. The van der Waals surface area contributed by atoms with Crippen molar-refractivity contribution in [2.24, 2.45) is 7.05 Å². The molecule has 2 aromatic rings. The van der Waals surface area contributed by atoms with Gasteiger partial charge in [-0.3, -0.25) is 4.68 Å². The minimum atomic E-state index is -0.588. The van der Waals surface area contributed by atoms with E-state index in [4.69, 9.17) is 10.5 Å². The number of carbonyl (C=O) groups excluding carboxylic acids is 1. The summed E-state index contributed by atoms with van der Waals surface area (Å²) in [5.41, 5.74) is 6.74. The van der Waals surface area contributed by atoms with Gasteiger partial charge >= 0.3 is 5.97 Å². The van der Waals surface area contributed by atoms with E-state index >= 15 is 0 Å². The molecule has 0 fully saturated rings. The molecule has 6 heteroatoms. The molecule has 1 aromatic carbocycles. The highest BCUT2D eigenvalue weighted by Gasteiger charge is 2.09. The van der Waals surface area contributed by atoms with E-state index in [0.29, 0.717) is 6.42 Å². The normalized spacial score (nSPS) is 10.4. The summed E-state index contributed by atoms with van der Waals surface area (Å²) < 4.78 is 19.8. The summed E-state index contributed by atoms with van der Waals surface area (Å²) in [6.45, 7) is 0.209.